The number of piperazine rings is 1. The molecule has 2 rings (SSSR count). The van der Waals surface area contributed by atoms with Crippen molar-refractivity contribution in [3.63, 3.8) is 0 Å². The van der Waals surface area contributed by atoms with E-state index < -0.39 is 0 Å². The largest absolute Gasteiger partial charge is 0.357 e. The Balaban J connectivity index is 1.92. The zero-order chi connectivity index (χ0) is 20.4. The van der Waals surface area contributed by atoms with Crippen LogP contribution in [0, 0.1) is 5.82 Å². The second kappa shape index (κ2) is 12.3. The van der Waals surface area contributed by atoms with Gasteiger partial charge >= 0.3 is 0 Å². The Morgan fingerprint density at radius 1 is 1.18 bits per heavy atom. The molecular weight excluding hydrogens is 373 g/mol. The molecule has 158 valence electrons. The summed E-state index contributed by atoms with van der Waals surface area (Å²) in [7, 11) is 0. The lowest BCUT2D eigenvalue weighted by atomic mass is 10.1. The molecule has 1 fully saturated rings. The summed E-state index contributed by atoms with van der Waals surface area (Å²) in [5.41, 5.74) is 2.10. The van der Waals surface area contributed by atoms with Gasteiger partial charge in [-0.05, 0) is 49.9 Å². The van der Waals surface area contributed by atoms with Gasteiger partial charge in [0.05, 0.1) is 6.54 Å². The fraction of sp³-hybridized carbons (Fsp3) is 0.667. The minimum absolute atomic E-state index is 0.182. The molecule has 1 unspecified atom stereocenters. The Bertz CT molecular complexity index is 617. The first-order valence-corrected chi connectivity index (χ1v) is 11.7. The van der Waals surface area contributed by atoms with Crippen molar-refractivity contribution in [3.05, 3.63) is 35.1 Å². The lowest BCUT2D eigenvalue weighted by Gasteiger charge is -2.37. The van der Waals surface area contributed by atoms with Crippen molar-refractivity contribution in [1.29, 1.82) is 0 Å². The molecule has 1 aliphatic rings. The molecule has 1 aromatic rings. The molecule has 0 bridgehead atoms. The molecule has 1 saturated heterocycles. The van der Waals surface area contributed by atoms with Crippen LogP contribution >= 0.6 is 11.8 Å². The van der Waals surface area contributed by atoms with E-state index in [4.69, 9.17) is 4.99 Å². The molecule has 0 aromatic heterocycles. The van der Waals surface area contributed by atoms with Crippen LogP contribution in [0.1, 0.15) is 31.9 Å². The number of guanidine groups is 1. The fourth-order valence-corrected chi connectivity index (χ4v) is 4.02. The van der Waals surface area contributed by atoms with E-state index in [-0.39, 0.29) is 5.82 Å². The van der Waals surface area contributed by atoms with Crippen molar-refractivity contribution in [2.24, 2.45) is 4.99 Å². The van der Waals surface area contributed by atoms with Crippen molar-refractivity contribution in [2.75, 3.05) is 52.1 Å². The van der Waals surface area contributed by atoms with E-state index in [0.717, 1.165) is 68.7 Å². The lowest BCUT2D eigenvalue weighted by Crippen LogP contribution is -2.53. The smallest absolute Gasteiger partial charge is 0.191 e. The molecule has 1 aromatic carbocycles. The van der Waals surface area contributed by atoms with Crippen LogP contribution in [0.15, 0.2) is 23.2 Å². The maximum Gasteiger partial charge on any atom is 0.191 e. The average Bonchev–Trinajstić information content (AvgIpc) is 2.71. The van der Waals surface area contributed by atoms with Gasteiger partial charge in [0.2, 0.25) is 0 Å². The van der Waals surface area contributed by atoms with Crippen LogP contribution in [0.5, 0.6) is 0 Å². The van der Waals surface area contributed by atoms with Gasteiger partial charge in [0.1, 0.15) is 5.82 Å². The summed E-state index contributed by atoms with van der Waals surface area (Å²) in [6.45, 7) is 14.5. The third-order valence-corrected chi connectivity index (χ3v) is 5.86. The van der Waals surface area contributed by atoms with Crippen molar-refractivity contribution < 1.29 is 4.39 Å². The van der Waals surface area contributed by atoms with Gasteiger partial charge in [-0.25, -0.2) is 9.38 Å². The van der Waals surface area contributed by atoms with Crippen LogP contribution in [0.2, 0.25) is 0 Å². The first-order chi connectivity index (χ1) is 13.6. The molecule has 5 nitrogen and oxygen atoms in total. The first-order valence-electron chi connectivity index (χ1n) is 10.3. The highest BCUT2D eigenvalue weighted by molar-refractivity contribution is 7.97. The van der Waals surface area contributed by atoms with Gasteiger partial charge in [0, 0.05) is 51.1 Å². The van der Waals surface area contributed by atoms with E-state index in [1.54, 1.807) is 17.8 Å². The third-order valence-electron chi connectivity index (χ3n) is 5.26. The zero-order valence-corrected chi connectivity index (χ0v) is 18.6. The Morgan fingerprint density at radius 3 is 2.57 bits per heavy atom. The Kier molecular flexibility index (Phi) is 10.1. The second-order valence-electron chi connectivity index (χ2n) is 7.24. The van der Waals surface area contributed by atoms with E-state index in [2.05, 4.69) is 41.2 Å². The van der Waals surface area contributed by atoms with E-state index in [1.165, 1.54) is 6.07 Å². The maximum atomic E-state index is 13.5. The SMILES string of the molecule is CCNC(=NCc1ccc(F)cc1CSC)NCC(C)N1CCN(CC)CC1. The van der Waals surface area contributed by atoms with Gasteiger partial charge in [-0.1, -0.05) is 13.0 Å². The Hall–Kier alpha value is -1.31. The zero-order valence-electron chi connectivity index (χ0n) is 17.8. The molecule has 7 heteroatoms. The highest BCUT2D eigenvalue weighted by Gasteiger charge is 2.20. The van der Waals surface area contributed by atoms with E-state index in [9.17, 15) is 4.39 Å². The topological polar surface area (TPSA) is 42.9 Å². The number of likely N-dealkylation sites (N-methyl/N-ethyl adjacent to an activating group) is 1. The lowest BCUT2D eigenvalue weighted by molar-refractivity contribution is 0.107. The molecule has 0 amide bonds. The van der Waals surface area contributed by atoms with Crippen LogP contribution in [-0.4, -0.2) is 73.9 Å². The number of hydrogen-bond donors (Lipinski definition) is 2. The molecule has 0 radical (unpaired) electrons. The van der Waals surface area contributed by atoms with Crippen molar-refractivity contribution in [1.82, 2.24) is 20.4 Å². The van der Waals surface area contributed by atoms with Crippen LogP contribution in [0.4, 0.5) is 4.39 Å². The minimum Gasteiger partial charge on any atom is -0.357 e. The number of benzene rings is 1. The highest BCUT2D eigenvalue weighted by Crippen LogP contribution is 2.17. The molecule has 0 saturated carbocycles. The number of nitrogens with one attached hydrogen (secondary N) is 2. The molecular formula is C21H36FN5S. The van der Waals surface area contributed by atoms with Crippen LogP contribution in [0.25, 0.3) is 0 Å². The molecule has 0 aliphatic carbocycles. The quantitative estimate of drug-likeness (QED) is 0.485. The number of aliphatic imine (C=N–C) groups is 1. The summed E-state index contributed by atoms with van der Waals surface area (Å²) in [6.07, 6.45) is 2.03. The van der Waals surface area contributed by atoms with Gasteiger partial charge in [0.15, 0.2) is 5.96 Å². The first kappa shape index (κ1) is 23.0. The molecule has 28 heavy (non-hydrogen) atoms. The van der Waals surface area contributed by atoms with E-state index in [1.807, 2.05) is 12.3 Å². The summed E-state index contributed by atoms with van der Waals surface area (Å²) in [5.74, 6) is 1.44. The third kappa shape index (κ3) is 7.26. The average molecular weight is 410 g/mol. The molecule has 0 spiro atoms. The summed E-state index contributed by atoms with van der Waals surface area (Å²) in [4.78, 5) is 9.77. The van der Waals surface area contributed by atoms with Crippen LogP contribution in [0.3, 0.4) is 0 Å². The summed E-state index contributed by atoms with van der Waals surface area (Å²) in [6, 6.07) is 5.46. The minimum atomic E-state index is -0.182. The molecule has 1 aliphatic heterocycles. The Morgan fingerprint density at radius 2 is 1.93 bits per heavy atom. The van der Waals surface area contributed by atoms with Gasteiger partial charge in [-0.2, -0.15) is 11.8 Å². The monoisotopic (exact) mass is 409 g/mol. The highest BCUT2D eigenvalue weighted by atomic mass is 32.2. The number of thioether (sulfide) groups is 1. The van der Waals surface area contributed by atoms with Gasteiger partial charge in [-0.3, -0.25) is 4.90 Å². The number of halogens is 1. The van der Waals surface area contributed by atoms with Gasteiger partial charge < -0.3 is 15.5 Å². The summed E-state index contributed by atoms with van der Waals surface area (Å²) in [5, 5.41) is 6.80. The predicted octanol–water partition coefficient (Wildman–Crippen LogP) is 2.77. The maximum absolute atomic E-state index is 13.5. The van der Waals surface area contributed by atoms with Crippen molar-refractivity contribution >= 4 is 17.7 Å². The summed E-state index contributed by atoms with van der Waals surface area (Å²) >= 11 is 1.70. The molecule has 1 heterocycles. The van der Waals surface area contributed by atoms with E-state index >= 15 is 0 Å². The number of nitrogens with zero attached hydrogens (tertiary/aromatic N) is 3. The molecule has 1 atom stereocenters. The van der Waals surface area contributed by atoms with Gasteiger partial charge in [-0.15, -0.1) is 0 Å². The number of hydrogen-bond acceptors (Lipinski definition) is 4. The Labute approximate surface area is 174 Å². The van der Waals surface area contributed by atoms with Crippen molar-refractivity contribution in [2.45, 2.75) is 39.1 Å². The second-order valence-corrected chi connectivity index (χ2v) is 8.11. The fourth-order valence-electron chi connectivity index (χ4n) is 3.44. The van der Waals surface area contributed by atoms with Gasteiger partial charge in [0.25, 0.3) is 0 Å². The van der Waals surface area contributed by atoms with Crippen LogP contribution < -0.4 is 10.6 Å². The number of rotatable bonds is 9. The summed E-state index contributed by atoms with van der Waals surface area (Å²) < 4.78 is 13.5. The molecule has 2 N–H and O–H groups in total. The van der Waals surface area contributed by atoms with Crippen LogP contribution in [-0.2, 0) is 12.3 Å². The predicted molar refractivity (Wildman–Crippen MR) is 120 cm³/mol. The standard InChI is InChI=1S/C21H36FN5S/c1-5-23-21(24-14-17(3)27-11-9-26(6-2)10-12-27)25-15-18-7-8-20(22)13-19(18)16-28-4/h7-8,13,17H,5-6,9-12,14-16H2,1-4H3,(H2,23,24,25). The van der Waals surface area contributed by atoms with E-state index in [0.29, 0.717) is 12.6 Å². The van der Waals surface area contributed by atoms with Crippen molar-refractivity contribution in [3.8, 4) is 0 Å². The normalized spacial score (nSPS) is 17.5.